The molecule has 1 saturated carbocycles. The van der Waals surface area contributed by atoms with Gasteiger partial charge in [0.05, 0.1) is 11.2 Å². The number of nitrogens with zero attached hydrogens (tertiary/aromatic N) is 3. The van der Waals surface area contributed by atoms with E-state index in [0.29, 0.717) is 0 Å². The normalized spacial score (nSPS) is 21.7. The van der Waals surface area contributed by atoms with Crippen LogP contribution in [-0.4, -0.2) is 12.3 Å². The number of hydrogen-bond acceptors (Lipinski definition) is 3. The summed E-state index contributed by atoms with van der Waals surface area (Å²) in [6, 6.07) is 68.1. The minimum atomic E-state index is -0.206. The molecule has 0 N–H and O–H groups in total. The molecule has 3 nitrogen and oxygen atoms in total. The maximum absolute atomic E-state index is 2.88. The van der Waals surface area contributed by atoms with E-state index in [1.165, 1.54) is 158 Å². The van der Waals surface area contributed by atoms with Crippen LogP contribution in [0.1, 0.15) is 185 Å². The molecule has 9 aromatic carbocycles. The van der Waals surface area contributed by atoms with Crippen LogP contribution in [0, 0.1) is 6.92 Å². The van der Waals surface area contributed by atoms with Crippen molar-refractivity contribution in [1.29, 1.82) is 0 Å². The van der Waals surface area contributed by atoms with Crippen LogP contribution in [0.2, 0.25) is 0 Å². The molecule has 0 radical (unpaired) electrons. The van der Waals surface area contributed by atoms with Crippen LogP contribution in [0.25, 0.3) is 33.4 Å². The first-order chi connectivity index (χ1) is 41.4. The van der Waals surface area contributed by atoms with Crippen LogP contribution in [0.15, 0.2) is 170 Å². The summed E-state index contributed by atoms with van der Waals surface area (Å²) in [5.41, 5.74) is 35.2. The topological polar surface area (TPSA) is 9.72 Å². The van der Waals surface area contributed by atoms with Gasteiger partial charge in [0.25, 0.3) is 6.71 Å². The molecular weight excluding hydrogens is 1050 g/mol. The van der Waals surface area contributed by atoms with Crippen LogP contribution in [0.3, 0.4) is 0 Å². The first-order valence-electron chi connectivity index (χ1n) is 33.0. The van der Waals surface area contributed by atoms with E-state index >= 15 is 0 Å². The monoisotopic (exact) mass is 1140 g/mol. The summed E-state index contributed by atoms with van der Waals surface area (Å²) in [6.45, 7) is 34.7. The fourth-order valence-electron chi connectivity index (χ4n) is 18.7. The van der Waals surface area contributed by atoms with Crippen LogP contribution < -0.4 is 31.1 Å². The van der Waals surface area contributed by atoms with Crippen molar-refractivity contribution >= 4 is 68.6 Å². The van der Waals surface area contributed by atoms with E-state index < -0.39 is 0 Å². The predicted molar refractivity (Wildman–Crippen MR) is 372 cm³/mol. The number of aryl methyl sites for hydroxylation is 1. The Morgan fingerprint density at radius 2 is 0.954 bits per heavy atom. The van der Waals surface area contributed by atoms with E-state index in [1.54, 1.807) is 0 Å². The van der Waals surface area contributed by atoms with Gasteiger partial charge in [-0.3, -0.25) is 0 Å². The molecule has 0 amide bonds. The van der Waals surface area contributed by atoms with Crippen LogP contribution in [0.4, 0.5) is 45.5 Å². The lowest BCUT2D eigenvalue weighted by atomic mass is 9.33. The lowest BCUT2D eigenvalue weighted by Crippen LogP contribution is -2.62. The summed E-state index contributed by atoms with van der Waals surface area (Å²) in [7, 11) is 0. The molecule has 0 bridgehead atoms. The van der Waals surface area contributed by atoms with Gasteiger partial charge in [0.2, 0.25) is 0 Å². The lowest BCUT2D eigenvalue weighted by Gasteiger charge is -2.51. The van der Waals surface area contributed by atoms with Gasteiger partial charge in [0, 0.05) is 50.8 Å². The second-order valence-electron chi connectivity index (χ2n) is 31.8. The zero-order valence-corrected chi connectivity index (χ0v) is 54.2. The third-order valence-corrected chi connectivity index (χ3v) is 23.5. The Kier molecular flexibility index (Phi) is 11.5. The van der Waals surface area contributed by atoms with Gasteiger partial charge >= 0.3 is 0 Å². The molecule has 7 aliphatic rings. The minimum absolute atomic E-state index is 0.000490. The molecule has 2 unspecified atom stereocenters. The summed E-state index contributed by atoms with van der Waals surface area (Å²) >= 11 is 0. The van der Waals surface area contributed by atoms with Crippen molar-refractivity contribution in [1.82, 2.24) is 0 Å². The summed E-state index contributed by atoms with van der Waals surface area (Å²) in [5.74, 6) is 0. The van der Waals surface area contributed by atoms with Gasteiger partial charge in [0.15, 0.2) is 0 Å². The molecule has 16 rings (SSSR count). The Labute approximate surface area is 520 Å². The Balaban J connectivity index is 1.04. The van der Waals surface area contributed by atoms with Crippen LogP contribution >= 0.6 is 0 Å². The molecule has 4 heteroatoms. The largest absolute Gasteiger partial charge is 0.334 e. The Morgan fingerprint density at radius 3 is 1.61 bits per heavy atom. The quantitative estimate of drug-likeness (QED) is 0.159. The van der Waals surface area contributed by atoms with Gasteiger partial charge in [0.1, 0.15) is 0 Å². The second-order valence-corrected chi connectivity index (χ2v) is 31.8. The summed E-state index contributed by atoms with van der Waals surface area (Å²) in [6.07, 6.45) is 9.04. The van der Waals surface area contributed by atoms with Crippen LogP contribution in [0.5, 0.6) is 0 Å². The van der Waals surface area contributed by atoms with Crippen molar-refractivity contribution < 1.29 is 0 Å². The van der Waals surface area contributed by atoms with Crippen molar-refractivity contribution in [2.45, 2.75) is 186 Å². The first-order valence-corrected chi connectivity index (χ1v) is 33.0. The molecule has 4 aliphatic carbocycles. The van der Waals surface area contributed by atoms with E-state index in [4.69, 9.17) is 0 Å². The van der Waals surface area contributed by atoms with Crippen LogP contribution in [-0.2, 0) is 38.9 Å². The number of benzene rings is 9. The predicted octanol–water partition coefficient (Wildman–Crippen LogP) is 20.3. The molecule has 436 valence electrons. The average Bonchev–Trinajstić information content (AvgIpc) is 1.70. The first kappa shape index (κ1) is 54.8. The van der Waals surface area contributed by atoms with Gasteiger partial charge in [-0.2, -0.15) is 0 Å². The highest BCUT2D eigenvalue weighted by atomic mass is 15.3. The molecule has 3 heterocycles. The summed E-state index contributed by atoms with van der Waals surface area (Å²) < 4.78 is 0. The van der Waals surface area contributed by atoms with Gasteiger partial charge < -0.3 is 14.7 Å². The van der Waals surface area contributed by atoms with E-state index in [1.807, 2.05) is 0 Å². The number of fused-ring (bicyclic) bond motifs is 12. The average molecular weight is 1140 g/mol. The fourth-order valence-corrected chi connectivity index (χ4v) is 18.7. The highest BCUT2D eigenvalue weighted by Gasteiger charge is 2.59. The third-order valence-electron chi connectivity index (χ3n) is 23.5. The van der Waals surface area contributed by atoms with Gasteiger partial charge in [-0.25, -0.2) is 0 Å². The molecule has 9 aromatic rings. The number of hydrogen-bond donors (Lipinski definition) is 0. The van der Waals surface area contributed by atoms with Crippen molar-refractivity contribution in [3.63, 3.8) is 0 Å². The van der Waals surface area contributed by atoms with Crippen molar-refractivity contribution in [3.05, 3.63) is 220 Å². The molecule has 1 fully saturated rings. The number of anilines is 8. The Morgan fingerprint density at radius 1 is 0.414 bits per heavy atom. The zero-order chi connectivity index (χ0) is 60.3. The smallest absolute Gasteiger partial charge is 0.252 e. The Bertz CT molecular complexity index is 4400. The molecule has 2 atom stereocenters. The van der Waals surface area contributed by atoms with Crippen molar-refractivity contribution in [2.75, 3.05) is 14.7 Å². The van der Waals surface area contributed by atoms with E-state index in [0.717, 1.165) is 38.5 Å². The van der Waals surface area contributed by atoms with Gasteiger partial charge in [-0.1, -0.05) is 211 Å². The molecule has 0 aromatic heterocycles. The van der Waals surface area contributed by atoms with E-state index in [-0.39, 0.29) is 44.7 Å². The maximum Gasteiger partial charge on any atom is 0.252 e. The molecular formula is C83H86BN3. The van der Waals surface area contributed by atoms with E-state index in [2.05, 4.69) is 281 Å². The molecule has 87 heavy (non-hydrogen) atoms. The van der Waals surface area contributed by atoms with Crippen molar-refractivity contribution in [2.24, 2.45) is 0 Å². The Hall–Kier alpha value is -7.56. The molecule has 0 spiro atoms. The minimum Gasteiger partial charge on any atom is -0.334 e. The summed E-state index contributed by atoms with van der Waals surface area (Å²) in [5, 5.41) is 0. The maximum atomic E-state index is 2.88. The zero-order valence-electron chi connectivity index (χ0n) is 54.2. The van der Waals surface area contributed by atoms with Gasteiger partial charge in [-0.15, -0.1) is 0 Å². The third kappa shape index (κ3) is 7.80. The lowest BCUT2D eigenvalue weighted by molar-refractivity contribution is 0.195. The highest BCUT2D eigenvalue weighted by molar-refractivity contribution is 7.00. The van der Waals surface area contributed by atoms with Crippen molar-refractivity contribution in [3.8, 4) is 33.4 Å². The van der Waals surface area contributed by atoms with Gasteiger partial charge in [-0.05, 0) is 228 Å². The van der Waals surface area contributed by atoms with E-state index in [9.17, 15) is 0 Å². The summed E-state index contributed by atoms with van der Waals surface area (Å²) in [4.78, 5) is 8.46. The molecule has 0 saturated heterocycles. The SMILES string of the molecule is Cc1cc(-c2ccccc2)ccc1N1c2cc3c(cc2B2c4cc5c(cc4N(c4cccc6c4-c4ccccc4C6)c4cc(N6c7ccc(-c8ccc(C(C)(C)C)cc8)cc7C7(C)CCCCC67C)cc1c42)C(C)(C)CC5(C)C)C(C)(C)CCC3(C)C. The standard InChI is InChI=1S/C83H86BN3/c1-51-41-54(52-23-16-15-17-24-52)31-35-68(51)85-71-48-63-61(78(5,6)39-40-79(63,7)8)46-66(71)84-67-47-62-64(81(11,12)50-80(62,9)10)49-72(67)86(70-28-22-26-57-42-56-25-18-19-27-60(56)75(57)70)74-45-59(44-73(85)76(74)84)87-69-36-32-55(53-29-33-58(34-30-53)77(2,3)4)43-65(69)82(13)37-20-21-38-83(82,87)14/h15-19,22-36,41,43-49H,20-21,37-40,42,50H2,1-14H3. The molecule has 3 aliphatic heterocycles. The highest BCUT2D eigenvalue weighted by Crippen LogP contribution is 2.63. The second kappa shape index (κ2) is 18.3. The number of rotatable bonds is 5. The fraction of sp³-hybridized carbons (Fsp3) is 0.349.